The standard InChI is InChI=1S/C10H13NO3/c1-13-10(12)9(11-14-2)8-6-4-3-5-7-8/h3-7,9,11H,1-2H3. The van der Waals surface area contributed by atoms with Crippen LogP contribution in [0.5, 0.6) is 0 Å². The molecule has 1 unspecified atom stereocenters. The number of ether oxygens (including phenoxy) is 1. The Morgan fingerprint density at radius 3 is 2.43 bits per heavy atom. The number of rotatable bonds is 4. The predicted octanol–water partition coefficient (Wildman–Crippen LogP) is 1.05. The number of methoxy groups -OCH3 is 1. The van der Waals surface area contributed by atoms with E-state index in [4.69, 9.17) is 4.84 Å². The summed E-state index contributed by atoms with van der Waals surface area (Å²) in [6.45, 7) is 0. The first kappa shape index (κ1) is 10.7. The topological polar surface area (TPSA) is 47.6 Å². The van der Waals surface area contributed by atoms with Crippen molar-refractivity contribution in [3.8, 4) is 0 Å². The third-order valence-electron chi connectivity index (χ3n) is 1.81. The molecule has 0 amide bonds. The summed E-state index contributed by atoms with van der Waals surface area (Å²) in [5.74, 6) is -0.377. The minimum Gasteiger partial charge on any atom is -0.468 e. The van der Waals surface area contributed by atoms with Crippen LogP contribution < -0.4 is 5.48 Å². The molecule has 4 nitrogen and oxygen atoms in total. The van der Waals surface area contributed by atoms with E-state index in [0.29, 0.717) is 0 Å². The van der Waals surface area contributed by atoms with Crippen LogP contribution in [-0.4, -0.2) is 20.2 Å². The van der Waals surface area contributed by atoms with Crippen molar-refractivity contribution in [1.82, 2.24) is 5.48 Å². The zero-order valence-corrected chi connectivity index (χ0v) is 8.19. The van der Waals surface area contributed by atoms with Crippen LogP contribution >= 0.6 is 0 Å². The summed E-state index contributed by atoms with van der Waals surface area (Å²) in [6, 6.07) is 8.66. The molecule has 1 aromatic rings. The molecule has 0 spiro atoms. The highest BCUT2D eigenvalue weighted by Gasteiger charge is 2.20. The molecule has 0 saturated carbocycles. The fourth-order valence-electron chi connectivity index (χ4n) is 1.13. The van der Waals surface area contributed by atoms with Crippen LogP contribution in [0.15, 0.2) is 30.3 Å². The fourth-order valence-corrected chi connectivity index (χ4v) is 1.13. The van der Waals surface area contributed by atoms with Crippen molar-refractivity contribution in [3.63, 3.8) is 0 Å². The summed E-state index contributed by atoms with van der Waals surface area (Å²) < 4.78 is 4.64. The van der Waals surface area contributed by atoms with Gasteiger partial charge in [0.25, 0.3) is 0 Å². The van der Waals surface area contributed by atoms with E-state index in [2.05, 4.69) is 10.2 Å². The minimum absolute atomic E-state index is 0.377. The maximum absolute atomic E-state index is 11.3. The van der Waals surface area contributed by atoms with Crippen molar-refractivity contribution in [2.24, 2.45) is 0 Å². The molecule has 1 atom stereocenters. The van der Waals surface area contributed by atoms with E-state index in [-0.39, 0.29) is 5.97 Å². The van der Waals surface area contributed by atoms with Gasteiger partial charge in [0.15, 0.2) is 6.04 Å². The SMILES string of the molecule is CONC(C(=O)OC)c1ccccc1. The molecule has 0 fully saturated rings. The summed E-state index contributed by atoms with van der Waals surface area (Å²) in [4.78, 5) is 16.1. The van der Waals surface area contributed by atoms with Gasteiger partial charge in [0.2, 0.25) is 0 Å². The molecule has 0 aliphatic rings. The van der Waals surface area contributed by atoms with Crippen LogP contribution in [0.2, 0.25) is 0 Å². The van der Waals surface area contributed by atoms with Gasteiger partial charge in [0.05, 0.1) is 14.2 Å². The largest absolute Gasteiger partial charge is 0.468 e. The lowest BCUT2D eigenvalue weighted by Crippen LogP contribution is -2.28. The molecule has 76 valence electrons. The maximum Gasteiger partial charge on any atom is 0.329 e. The molecular formula is C10H13NO3. The molecule has 14 heavy (non-hydrogen) atoms. The van der Waals surface area contributed by atoms with E-state index < -0.39 is 6.04 Å². The Morgan fingerprint density at radius 1 is 1.29 bits per heavy atom. The van der Waals surface area contributed by atoms with E-state index in [9.17, 15) is 4.79 Å². The third kappa shape index (κ3) is 2.55. The smallest absolute Gasteiger partial charge is 0.329 e. The molecule has 0 aliphatic carbocycles. The predicted molar refractivity (Wildman–Crippen MR) is 51.3 cm³/mol. The number of carbonyl (C=O) groups excluding carboxylic acids is 1. The van der Waals surface area contributed by atoms with Crippen molar-refractivity contribution in [2.45, 2.75) is 6.04 Å². The Kier molecular flexibility index (Phi) is 4.10. The van der Waals surface area contributed by atoms with Crippen LogP contribution in [0.4, 0.5) is 0 Å². The van der Waals surface area contributed by atoms with Gasteiger partial charge in [-0.1, -0.05) is 30.3 Å². The Bertz CT molecular complexity index is 287. The second kappa shape index (κ2) is 5.36. The second-order valence-electron chi connectivity index (χ2n) is 2.69. The highest BCUT2D eigenvalue weighted by Crippen LogP contribution is 2.13. The Hall–Kier alpha value is -1.39. The number of hydroxylamine groups is 1. The van der Waals surface area contributed by atoms with Crippen molar-refractivity contribution >= 4 is 5.97 Å². The van der Waals surface area contributed by atoms with Gasteiger partial charge in [-0.15, -0.1) is 0 Å². The zero-order valence-electron chi connectivity index (χ0n) is 8.19. The van der Waals surface area contributed by atoms with Crippen LogP contribution in [0.25, 0.3) is 0 Å². The summed E-state index contributed by atoms with van der Waals surface area (Å²) >= 11 is 0. The minimum atomic E-state index is -0.578. The average molecular weight is 195 g/mol. The highest BCUT2D eigenvalue weighted by atomic mass is 16.6. The average Bonchev–Trinajstić information content (AvgIpc) is 2.26. The number of hydrogen-bond acceptors (Lipinski definition) is 4. The molecule has 0 saturated heterocycles. The quantitative estimate of drug-likeness (QED) is 0.576. The maximum atomic E-state index is 11.3. The lowest BCUT2D eigenvalue weighted by Gasteiger charge is -2.14. The van der Waals surface area contributed by atoms with E-state index in [1.54, 1.807) is 0 Å². The molecule has 0 aromatic heterocycles. The van der Waals surface area contributed by atoms with Gasteiger partial charge in [-0.3, -0.25) is 0 Å². The molecule has 1 N–H and O–H groups in total. The van der Waals surface area contributed by atoms with Crippen molar-refractivity contribution in [1.29, 1.82) is 0 Å². The molecule has 4 heteroatoms. The molecule has 1 aromatic carbocycles. The Balaban J connectivity index is 2.83. The summed E-state index contributed by atoms with van der Waals surface area (Å²) in [6.07, 6.45) is 0. The van der Waals surface area contributed by atoms with E-state index >= 15 is 0 Å². The number of benzene rings is 1. The van der Waals surface area contributed by atoms with Gasteiger partial charge in [-0.2, -0.15) is 5.48 Å². The Labute approximate surface area is 82.8 Å². The third-order valence-corrected chi connectivity index (χ3v) is 1.81. The van der Waals surface area contributed by atoms with Gasteiger partial charge >= 0.3 is 5.97 Å². The normalized spacial score (nSPS) is 12.1. The van der Waals surface area contributed by atoms with Gasteiger partial charge in [0, 0.05) is 0 Å². The molecular weight excluding hydrogens is 182 g/mol. The number of nitrogens with one attached hydrogen (secondary N) is 1. The van der Waals surface area contributed by atoms with Gasteiger partial charge in [0.1, 0.15) is 0 Å². The molecule has 0 heterocycles. The molecule has 0 aliphatic heterocycles. The fraction of sp³-hybridized carbons (Fsp3) is 0.300. The molecule has 1 rings (SSSR count). The molecule has 0 bridgehead atoms. The number of carbonyl (C=O) groups is 1. The zero-order chi connectivity index (χ0) is 10.4. The summed E-state index contributed by atoms with van der Waals surface area (Å²) in [5.41, 5.74) is 3.38. The summed E-state index contributed by atoms with van der Waals surface area (Å²) in [7, 11) is 2.80. The lowest BCUT2D eigenvalue weighted by molar-refractivity contribution is -0.147. The summed E-state index contributed by atoms with van der Waals surface area (Å²) in [5, 5.41) is 0. The van der Waals surface area contributed by atoms with Crippen molar-refractivity contribution in [2.75, 3.05) is 14.2 Å². The Morgan fingerprint density at radius 2 is 1.93 bits per heavy atom. The monoisotopic (exact) mass is 195 g/mol. The number of esters is 1. The first-order chi connectivity index (χ1) is 6.79. The van der Waals surface area contributed by atoms with Gasteiger partial charge < -0.3 is 9.57 Å². The molecule has 0 radical (unpaired) electrons. The van der Waals surface area contributed by atoms with Crippen LogP contribution in [0, 0.1) is 0 Å². The second-order valence-corrected chi connectivity index (χ2v) is 2.69. The van der Waals surface area contributed by atoms with E-state index in [0.717, 1.165) is 5.56 Å². The number of hydrogen-bond donors (Lipinski definition) is 1. The van der Waals surface area contributed by atoms with Crippen molar-refractivity contribution < 1.29 is 14.4 Å². The van der Waals surface area contributed by atoms with Crippen LogP contribution in [0.3, 0.4) is 0 Å². The lowest BCUT2D eigenvalue weighted by atomic mass is 10.1. The van der Waals surface area contributed by atoms with Crippen LogP contribution in [-0.2, 0) is 14.4 Å². The first-order valence-electron chi connectivity index (χ1n) is 4.21. The first-order valence-corrected chi connectivity index (χ1v) is 4.21. The van der Waals surface area contributed by atoms with Crippen molar-refractivity contribution in [3.05, 3.63) is 35.9 Å². The van der Waals surface area contributed by atoms with Gasteiger partial charge in [-0.25, -0.2) is 4.79 Å². The van der Waals surface area contributed by atoms with E-state index in [1.807, 2.05) is 30.3 Å². The van der Waals surface area contributed by atoms with E-state index in [1.165, 1.54) is 14.2 Å². The van der Waals surface area contributed by atoms with Gasteiger partial charge in [-0.05, 0) is 5.56 Å². The van der Waals surface area contributed by atoms with Crippen LogP contribution in [0.1, 0.15) is 11.6 Å². The highest BCUT2D eigenvalue weighted by molar-refractivity contribution is 5.77.